The van der Waals surface area contributed by atoms with E-state index < -0.39 is 0 Å². The molecule has 1 aliphatic heterocycles. The second-order valence-electron chi connectivity index (χ2n) is 5.16. The molecule has 0 atom stereocenters. The van der Waals surface area contributed by atoms with E-state index in [0.29, 0.717) is 27.7 Å². The van der Waals surface area contributed by atoms with Crippen LogP contribution in [0.3, 0.4) is 0 Å². The van der Waals surface area contributed by atoms with Gasteiger partial charge in [-0.2, -0.15) is 0 Å². The number of phenolic OH excluding ortho intramolecular Hbond substituents is 1. The summed E-state index contributed by atoms with van der Waals surface area (Å²) in [4.78, 5) is 14.5. The Morgan fingerprint density at radius 3 is 2.56 bits per heavy atom. The van der Waals surface area contributed by atoms with Gasteiger partial charge < -0.3 is 14.6 Å². The lowest BCUT2D eigenvalue weighted by molar-refractivity contribution is -0.113. The lowest BCUT2D eigenvalue weighted by Gasteiger charge is -2.17. The second-order valence-corrected chi connectivity index (χ2v) is 6.19. The Labute approximate surface area is 149 Å². The van der Waals surface area contributed by atoms with Crippen LogP contribution in [0, 0.1) is 5.41 Å². The van der Waals surface area contributed by atoms with Crippen LogP contribution in [0.5, 0.6) is 17.2 Å². The average Bonchev–Trinajstić information content (AvgIpc) is 2.90. The topological polar surface area (TPSA) is 82.8 Å². The molecule has 1 heterocycles. The summed E-state index contributed by atoms with van der Waals surface area (Å²) in [6.45, 7) is 0. The number of nitrogens with zero attached hydrogens (tertiary/aromatic N) is 1. The molecule has 3 rings (SSSR count). The molecule has 2 aromatic rings. The molecule has 25 heavy (non-hydrogen) atoms. The standard InChI is InChI=1S/C18H16N2O4S/c1-23-14-6-4-3-5-12(14)20-17(22)16(25-18(20)19)10-11-7-8-13(21)15(9-11)24-2/h3-10,19,21H,1-2H3/b16-10+,19-18?. The molecule has 0 radical (unpaired) electrons. The van der Waals surface area contributed by atoms with Gasteiger partial charge in [0.15, 0.2) is 16.7 Å². The number of anilines is 1. The maximum absolute atomic E-state index is 12.8. The number of benzene rings is 2. The van der Waals surface area contributed by atoms with Crippen molar-refractivity contribution in [2.75, 3.05) is 19.1 Å². The maximum atomic E-state index is 12.8. The van der Waals surface area contributed by atoms with Crippen LogP contribution < -0.4 is 14.4 Å². The highest BCUT2D eigenvalue weighted by Gasteiger charge is 2.35. The van der Waals surface area contributed by atoms with Gasteiger partial charge in [0, 0.05) is 0 Å². The molecular formula is C18H16N2O4S. The van der Waals surface area contributed by atoms with Gasteiger partial charge in [0.05, 0.1) is 24.8 Å². The normalized spacial score (nSPS) is 15.8. The first-order valence-corrected chi connectivity index (χ1v) is 8.19. The van der Waals surface area contributed by atoms with Crippen LogP contribution in [0.4, 0.5) is 5.69 Å². The Balaban J connectivity index is 1.96. The minimum absolute atomic E-state index is 0.0263. The van der Waals surface area contributed by atoms with Gasteiger partial charge in [0.25, 0.3) is 5.91 Å². The molecule has 1 aliphatic rings. The number of rotatable bonds is 4. The number of nitrogens with one attached hydrogen (secondary N) is 1. The molecule has 0 spiro atoms. The summed E-state index contributed by atoms with van der Waals surface area (Å²) in [6.07, 6.45) is 1.67. The number of carbonyl (C=O) groups excluding carboxylic acids is 1. The summed E-state index contributed by atoms with van der Waals surface area (Å²) in [5.74, 6) is 0.570. The molecule has 1 saturated heterocycles. The number of thioether (sulfide) groups is 1. The smallest absolute Gasteiger partial charge is 0.271 e. The minimum atomic E-state index is -0.299. The number of carbonyl (C=O) groups is 1. The molecule has 128 valence electrons. The molecule has 0 saturated carbocycles. The number of para-hydroxylation sites is 2. The molecule has 6 nitrogen and oxygen atoms in total. The Morgan fingerprint density at radius 2 is 1.84 bits per heavy atom. The van der Waals surface area contributed by atoms with Crippen molar-refractivity contribution in [1.29, 1.82) is 5.41 Å². The lowest BCUT2D eigenvalue weighted by atomic mass is 10.2. The van der Waals surface area contributed by atoms with Crippen LogP contribution in [0.2, 0.25) is 0 Å². The van der Waals surface area contributed by atoms with Crippen LogP contribution in [0.15, 0.2) is 47.4 Å². The summed E-state index contributed by atoms with van der Waals surface area (Å²) in [7, 11) is 2.98. The van der Waals surface area contributed by atoms with Gasteiger partial charge in [-0.3, -0.25) is 15.1 Å². The minimum Gasteiger partial charge on any atom is -0.504 e. The first-order chi connectivity index (χ1) is 12.0. The van der Waals surface area contributed by atoms with Gasteiger partial charge in [0.1, 0.15) is 5.75 Å². The van der Waals surface area contributed by atoms with Gasteiger partial charge in [-0.15, -0.1) is 0 Å². The Morgan fingerprint density at radius 1 is 1.12 bits per heavy atom. The quantitative estimate of drug-likeness (QED) is 0.820. The molecule has 0 unspecified atom stereocenters. The van der Waals surface area contributed by atoms with Crippen molar-refractivity contribution >= 4 is 34.6 Å². The van der Waals surface area contributed by atoms with Gasteiger partial charge in [-0.25, -0.2) is 0 Å². The first kappa shape index (κ1) is 16.9. The van der Waals surface area contributed by atoms with Crippen LogP contribution in [0.25, 0.3) is 6.08 Å². The predicted octanol–water partition coefficient (Wildman–Crippen LogP) is 3.47. The number of aromatic hydroxyl groups is 1. The van der Waals surface area contributed by atoms with E-state index in [-0.39, 0.29) is 16.8 Å². The number of methoxy groups -OCH3 is 2. The highest BCUT2D eigenvalue weighted by Crippen LogP contribution is 2.39. The highest BCUT2D eigenvalue weighted by atomic mass is 32.2. The van der Waals surface area contributed by atoms with E-state index in [4.69, 9.17) is 14.9 Å². The van der Waals surface area contributed by atoms with Crippen LogP contribution in [-0.4, -0.2) is 30.4 Å². The molecule has 2 aromatic carbocycles. The van der Waals surface area contributed by atoms with E-state index in [1.807, 2.05) is 0 Å². The fraction of sp³-hybridized carbons (Fsp3) is 0.111. The highest BCUT2D eigenvalue weighted by molar-refractivity contribution is 8.19. The third kappa shape index (κ3) is 3.18. The zero-order valence-corrected chi connectivity index (χ0v) is 14.5. The summed E-state index contributed by atoms with van der Waals surface area (Å²) >= 11 is 1.07. The zero-order chi connectivity index (χ0) is 18.0. The van der Waals surface area contributed by atoms with Crippen LogP contribution >= 0.6 is 11.8 Å². The second kappa shape index (κ2) is 6.90. The van der Waals surface area contributed by atoms with Crippen molar-refractivity contribution in [2.24, 2.45) is 0 Å². The number of ether oxygens (including phenoxy) is 2. The van der Waals surface area contributed by atoms with Crippen molar-refractivity contribution in [3.05, 3.63) is 52.9 Å². The van der Waals surface area contributed by atoms with E-state index in [1.165, 1.54) is 25.2 Å². The number of hydrogen-bond donors (Lipinski definition) is 2. The molecule has 1 amide bonds. The largest absolute Gasteiger partial charge is 0.504 e. The predicted molar refractivity (Wildman–Crippen MR) is 98.4 cm³/mol. The Hall–Kier alpha value is -2.93. The van der Waals surface area contributed by atoms with E-state index in [0.717, 1.165) is 11.8 Å². The van der Waals surface area contributed by atoms with Crippen LogP contribution in [-0.2, 0) is 4.79 Å². The van der Waals surface area contributed by atoms with Gasteiger partial charge in [-0.1, -0.05) is 18.2 Å². The third-order valence-corrected chi connectivity index (χ3v) is 4.54. The first-order valence-electron chi connectivity index (χ1n) is 7.37. The van der Waals surface area contributed by atoms with Crippen LogP contribution in [0.1, 0.15) is 5.56 Å². The third-order valence-electron chi connectivity index (χ3n) is 3.65. The van der Waals surface area contributed by atoms with Crippen molar-refractivity contribution in [1.82, 2.24) is 0 Å². The molecule has 1 fully saturated rings. The summed E-state index contributed by atoms with van der Waals surface area (Å²) in [5.41, 5.74) is 1.22. The van der Waals surface area contributed by atoms with Crippen molar-refractivity contribution in [2.45, 2.75) is 0 Å². The number of phenols is 1. The molecule has 2 N–H and O–H groups in total. The fourth-order valence-electron chi connectivity index (χ4n) is 2.46. The summed E-state index contributed by atoms with van der Waals surface area (Å²) in [6, 6.07) is 11.9. The summed E-state index contributed by atoms with van der Waals surface area (Å²) < 4.78 is 10.4. The zero-order valence-electron chi connectivity index (χ0n) is 13.6. The number of hydrogen-bond acceptors (Lipinski definition) is 6. The van der Waals surface area contributed by atoms with E-state index in [2.05, 4.69) is 0 Å². The lowest BCUT2D eigenvalue weighted by Crippen LogP contribution is -2.28. The molecular weight excluding hydrogens is 340 g/mol. The van der Waals surface area contributed by atoms with E-state index >= 15 is 0 Å². The number of amidine groups is 1. The van der Waals surface area contributed by atoms with Crippen molar-refractivity contribution < 1.29 is 19.4 Å². The van der Waals surface area contributed by atoms with Gasteiger partial charge in [0.2, 0.25) is 0 Å². The van der Waals surface area contributed by atoms with E-state index in [9.17, 15) is 9.90 Å². The maximum Gasteiger partial charge on any atom is 0.271 e. The van der Waals surface area contributed by atoms with Gasteiger partial charge in [-0.05, 0) is 47.7 Å². The molecule has 0 bridgehead atoms. The summed E-state index contributed by atoms with van der Waals surface area (Å²) in [5, 5.41) is 17.9. The number of amides is 1. The molecule has 7 heteroatoms. The Bertz CT molecular complexity index is 879. The van der Waals surface area contributed by atoms with Crippen molar-refractivity contribution in [3.8, 4) is 17.2 Å². The Kier molecular flexibility index (Phi) is 4.67. The molecule has 0 aliphatic carbocycles. The molecule has 0 aromatic heterocycles. The fourth-order valence-corrected chi connectivity index (χ4v) is 3.31. The van der Waals surface area contributed by atoms with E-state index in [1.54, 1.807) is 42.5 Å². The van der Waals surface area contributed by atoms with Crippen molar-refractivity contribution in [3.63, 3.8) is 0 Å². The average molecular weight is 356 g/mol. The monoisotopic (exact) mass is 356 g/mol. The SMILES string of the molecule is COc1cc(/C=C2/SC(=N)N(c3ccccc3OC)C2=O)ccc1O. The van der Waals surface area contributed by atoms with Gasteiger partial charge >= 0.3 is 0 Å².